The summed E-state index contributed by atoms with van der Waals surface area (Å²) in [7, 11) is 1.82. The molecule has 0 bridgehead atoms. The highest BCUT2D eigenvalue weighted by atomic mass is 32.1. The molecule has 1 heterocycles. The highest BCUT2D eigenvalue weighted by molar-refractivity contribution is 7.10. The Morgan fingerprint density at radius 3 is 2.50 bits per heavy atom. The number of rotatable bonds is 3. The molecule has 1 amide bonds. The number of benzene rings is 1. The van der Waals surface area contributed by atoms with E-state index in [1.165, 1.54) is 4.88 Å². The van der Waals surface area contributed by atoms with E-state index < -0.39 is 0 Å². The highest BCUT2D eigenvalue weighted by Crippen LogP contribution is 2.24. The van der Waals surface area contributed by atoms with E-state index in [9.17, 15) is 4.79 Å². The van der Waals surface area contributed by atoms with E-state index in [4.69, 9.17) is 5.73 Å². The molecule has 94 valence electrons. The van der Waals surface area contributed by atoms with Gasteiger partial charge in [-0.15, -0.1) is 11.3 Å². The first-order valence-corrected chi connectivity index (χ1v) is 6.63. The van der Waals surface area contributed by atoms with Gasteiger partial charge >= 0.3 is 0 Å². The average Bonchev–Trinajstić information content (AvgIpc) is 2.91. The van der Waals surface area contributed by atoms with E-state index in [0.29, 0.717) is 11.3 Å². The molecule has 0 saturated heterocycles. The maximum atomic E-state index is 12.3. The largest absolute Gasteiger partial charge is 0.399 e. The third-order valence-corrected chi connectivity index (χ3v) is 4.06. The second-order valence-corrected chi connectivity index (χ2v) is 5.21. The Hall–Kier alpha value is -1.81. The first-order chi connectivity index (χ1) is 8.59. The third-order valence-electron chi connectivity index (χ3n) is 3.01. The van der Waals surface area contributed by atoms with Gasteiger partial charge in [0, 0.05) is 23.2 Å². The summed E-state index contributed by atoms with van der Waals surface area (Å²) in [5, 5.41) is 2.02. The van der Waals surface area contributed by atoms with E-state index in [2.05, 4.69) is 0 Å². The molecule has 0 aliphatic heterocycles. The third kappa shape index (κ3) is 2.54. The van der Waals surface area contributed by atoms with Gasteiger partial charge in [0.25, 0.3) is 5.91 Å². The molecule has 18 heavy (non-hydrogen) atoms. The number of thiophene rings is 1. The lowest BCUT2D eigenvalue weighted by atomic mass is 10.1. The van der Waals surface area contributed by atoms with Crippen LogP contribution in [0, 0.1) is 0 Å². The quantitative estimate of drug-likeness (QED) is 0.862. The molecule has 4 heteroatoms. The zero-order valence-corrected chi connectivity index (χ0v) is 11.3. The van der Waals surface area contributed by atoms with Gasteiger partial charge in [0.05, 0.1) is 6.04 Å². The van der Waals surface area contributed by atoms with Crippen molar-refractivity contribution < 1.29 is 4.79 Å². The molecule has 0 spiro atoms. The number of carbonyl (C=O) groups is 1. The van der Waals surface area contributed by atoms with Gasteiger partial charge in [-0.25, -0.2) is 0 Å². The summed E-state index contributed by atoms with van der Waals surface area (Å²) in [6, 6.07) is 11.1. The van der Waals surface area contributed by atoms with Crippen LogP contribution >= 0.6 is 11.3 Å². The first kappa shape index (κ1) is 12.6. The van der Waals surface area contributed by atoms with Crippen molar-refractivity contribution in [2.75, 3.05) is 12.8 Å². The molecule has 3 nitrogen and oxygen atoms in total. The van der Waals surface area contributed by atoms with Crippen LogP contribution in [0.4, 0.5) is 5.69 Å². The van der Waals surface area contributed by atoms with E-state index in [1.54, 1.807) is 40.5 Å². The summed E-state index contributed by atoms with van der Waals surface area (Å²) in [4.78, 5) is 15.2. The van der Waals surface area contributed by atoms with Crippen LogP contribution in [0.1, 0.15) is 28.2 Å². The molecule has 1 unspecified atom stereocenters. The van der Waals surface area contributed by atoms with Crippen molar-refractivity contribution >= 4 is 22.9 Å². The molecule has 0 fully saturated rings. The van der Waals surface area contributed by atoms with Crippen molar-refractivity contribution in [3.63, 3.8) is 0 Å². The van der Waals surface area contributed by atoms with Crippen LogP contribution in [0.5, 0.6) is 0 Å². The fourth-order valence-corrected chi connectivity index (χ4v) is 2.55. The predicted molar refractivity (Wildman–Crippen MR) is 75.7 cm³/mol. The van der Waals surface area contributed by atoms with Gasteiger partial charge in [-0.05, 0) is 42.6 Å². The normalized spacial score (nSPS) is 12.1. The van der Waals surface area contributed by atoms with Gasteiger partial charge in [0.15, 0.2) is 0 Å². The Bertz CT molecular complexity index is 519. The molecule has 0 aliphatic rings. The van der Waals surface area contributed by atoms with Gasteiger partial charge in [0.1, 0.15) is 0 Å². The second-order valence-electron chi connectivity index (χ2n) is 4.23. The molecule has 0 radical (unpaired) electrons. The van der Waals surface area contributed by atoms with E-state index in [-0.39, 0.29) is 11.9 Å². The number of nitrogen functional groups attached to an aromatic ring is 1. The van der Waals surface area contributed by atoms with Crippen molar-refractivity contribution in [2.24, 2.45) is 0 Å². The fraction of sp³-hybridized carbons (Fsp3) is 0.214. The molecule has 1 aromatic carbocycles. The lowest BCUT2D eigenvalue weighted by Crippen LogP contribution is -2.29. The number of anilines is 1. The van der Waals surface area contributed by atoms with Gasteiger partial charge in [-0.2, -0.15) is 0 Å². The van der Waals surface area contributed by atoms with Crippen molar-refractivity contribution in [3.05, 3.63) is 52.2 Å². The number of amides is 1. The Balaban J connectivity index is 2.16. The fourth-order valence-electron chi connectivity index (χ4n) is 1.73. The maximum Gasteiger partial charge on any atom is 0.254 e. The molecule has 2 rings (SSSR count). The lowest BCUT2D eigenvalue weighted by Gasteiger charge is -2.24. The summed E-state index contributed by atoms with van der Waals surface area (Å²) in [6.45, 7) is 2.03. The number of nitrogens with two attached hydrogens (primary N) is 1. The Morgan fingerprint density at radius 2 is 1.94 bits per heavy atom. The number of carbonyl (C=O) groups excluding carboxylic acids is 1. The first-order valence-electron chi connectivity index (χ1n) is 5.75. The van der Waals surface area contributed by atoms with Crippen molar-refractivity contribution in [1.29, 1.82) is 0 Å². The Labute approximate surface area is 111 Å². The van der Waals surface area contributed by atoms with Gasteiger partial charge in [-0.3, -0.25) is 4.79 Å². The minimum absolute atomic E-state index is 0.0101. The van der Waals surface area contributed by atoms with Crippen molar-refractivity contribution in [3.8, 4) is 0 Å². The monoisotopic (exact) mass is 260 g/mol. The molecule has 1 aromatic heterocycles. The number of hydrogen-bond donors (Lipinski definition) is 1. The van der Waals surface area contributed by atoms with Crippen molar-refractivity contribution in [1.82, 2.24) is 4.90 Å². The Kier molecular flexibility index (Phi) is 3.67. The molecular weight excluding hydrogens is 244 g/mol. The highest BCUT2D eigenvalue weighted by Gasteiger charge is 2.19. The number of nitrogens with zero attached hydrogens (tertiary/aromatic N) is 1. The van der Waals surface area contributed by atoms with Gasteiger partial charge < -0.3 is 10.6 Å². The molecule has 2 aromatic rings. The maximum absolute atomic E-state index is 12.3. The van der Waals surface area contributed by atoms with Crippen LogP contribution in [0.25, 0.3) is 0 Å². The molecule has 0 saturated carbocycles. The molecule has 0 aliphatic carbocycles. The van der Waals surface area contributed by atoms with Crippen LogP contribution in [0.3, 0.4) is 0 Å². The summed E-state index contributed by atoms with van der Waals surface area (Å²) in [5.74, 6) is 0.0101. The topological polar surface area (TPSA) is 46.3 Å². The van der Waals surface area contributed by atoms with Gasteiger partial charge in [-0.1, -0.05) is 6.07 Å². The van der Waals surface area contributed by atoms with Crippen LogP contribution in [-0.4, -0.2) is 17.9 Å². The minimum atomic E-state index is 0.0101. The SMILES string of the molecule is CC(c1cccs1)N(C)C(=O)c1ccc(N)cc1. The standard InChI is InChI=1S/C14H16N2OS/c1-10(13-4-3-9-18-13)16(2)14(17)11-5-7-12(15)8-6-11/h3-10H,15H2,1-2H3. The van der Waals surface area contributed by atoms with E-state index >= 15 is 0 Å². The summed E-state index contributed by atoms with van der Waals surface area (Å²) in [6.07, 6.45) is 0. The van der Waals surface area contributed by atoms with Crippen LogP contribution < -0.4 is 5.73 Å². The predicted octanol–water partition coefficient (Wildman–Crippen LogP) is 3.16. The average molecular weight is 260 g/mol. The van der Waals surface area contributed by atoms with Crippen molar-refractivity contribution in [2.45, 2.75) is 13.0 Å². The van der Waals surface area contributed by atoms with Crippen LogP contribution in [0.2, 0.25) is 0 Å². The zero-order chi connectivity index (χ0) is 13.1. The minimum Gasteiger partial charge on any atom is -0.399 e. The summed E-state index contributed by atoms with van der Waals surface area (Å²) in [5.41, 5.74) is 6.95. The zero-order valence-electron chi connectivity index (χ0n) is 10.5. The lowest BCUT2D eigenvalue weighted by molar-refractivity contribution is 0.0745. The van der Waals surface area contributed by atoms with E-state index in [0.717, 1.165) is 0 Å². The summed E-state index contributed by atoms with van der Waals surface area (Å²) < 4.78 is 0. The second kappa shape index (κ2) is 5.23. The van der Waals surface area contributed by atoms with Crippen LogP contribution in [0.15, 0.2) is 41.8 Å². The van der Waals surface area contributed by atoms with Gasteiger partial charge in [0.2, 0.25) is 0 Å². The summed E-state index contributed by atoms with van der Waals surface area (Å²) >= 11 is 1.66. The molecular formula is C14H16N2OS. The molecule has 1 atom stereocenters. The van der Waals surface area contributed by atoms with Crippen LogP contribution in [-0.2, 0) is 0 Å². The van der Waals surface area contributed by atoms with E-state index in [1.807, 2.05) is 31.5 Å². The smallest absolute Gasteiger partial charge is 0.254 e. The Morgan fingerprint density at radius 1 is 1.28 bits per heavy atom. The number of hydrogen-bond acceptors (Lipinski definition) is 3. The molecule has 2 N–H and O–H groups in total.